The number of benzene rings is 1. The first-order valence-electron chi connectivity index (χ1n) is 6.39. The third-order valence-electron chi connectivity index (χ3n) is 3.78. The van der Waals surface area contributed by atoms with Crippen molar-refractivity contribution >= 4 is 18.2 Å². The van der Waals surface area contributed by atoms with Crippen LogP contribution in [0.1, 0.15) is 31.2 Å². The highest BCUT2D eigenvalue weighted by Crippen LogP contribution is 2.41. The van der Waals surface area contributed by atoms with Gasteiger partial charge in [0.15, 0.2) is 5.78 Å². The lowest BCUT2D eigenvalue weighted by molar-refractivity contribution is -0.125. The Morgan fingerprint density at radius 1 is 1.17 bits per heavy atom. The minimum absolute atomic E-state index is 0. The van der Waals surface area contributed by atoms with Crippen LogP contribution in [0.2, 0.25) is 0 Å². The largest absolute Gasteiger partial charge is 0.302 e. The van der Waals surface area contributed by atoms with E-state index in [2.05, 4.69) is 12.1 Å². The number of ketones is 1. The van der Waals surface area contributed by atoms with Gasteiger partial charge in [0.1, 0.15) is 0 Å². The molecule has 0 amide bonds. The van der Waals surface area contributed by atoms with E-state index in [0.717, 1.165) is 12.8 Å². The predicted molar refractivity (Wildman–Crippen MR) is 77.4 cm³/mol. The first-order valence-corrected chi connectivity index (χ1v) is 6.39. The molecule has 1 aliphatic rings. The van der Waals surface area contributed by atoms with Crippen molar-refractivity contribution in [3.8, 4) is 0 Å². The van der Waals surface area contributed by atoms with Gasteiger partial charge < -0.3 is 4.90 Å². The molecule has 1 saturated carbocycles. The van der Waals surface area contributed by atoms with Crippen LogP contribution in [0.15, 0.2) is 30.3 Å². The van der Waals surface area contributed by atoms with Crippen LogP contribution in [0.3, 0.4) is 0 Å². The van der Waals surface area contributed by atoms with E-state index in [1.54, 1.807) is 0 Å². The van der Waals surface area contributed by atoms with Crippen LogP contribution < -0.4 is 0 Å². The van der Waals surface area contributed by atoms with Crippen molar-refractivity contribution in [1.29, 1.82) is 0 Å². The van der Waals surface area contributed by atoms with E-state index >= 15 is 0 Å². The molecule has 100 valence electrons. The van der Waals surface area contributed by atoms with Gasteiger partial charge in [-0.2, -0.15) is 0 Å². The monoisotopic (exact) mass is 267 g/mol. The topological polar surface area (TPSA) is 20.3 Å². The summed E-state index contributed by atoms with van der Waals surface area (Å²) in [6.07, 6.45) is 4.38. The molecule has 0 N–H and O–H groups in total. The fourth-order valence-electron chi connectivity index (χ4n) is 2.90. The molecule has 0 spiro atoms. The number of likely N-dealkylation sites (N-methyl/N-ethyl adjacent to an activating group) is 1. The van der Waals surface area contributed by atoms with Gasteiger partial charge in [0.05, 0.1) is 12.0 Å². The highest BCUT2D eigenvalue weighted by atomic mass is 35.5. The Hall–Kier alpha value is -0.860. The number of hydrogen-bond acceptors (Lipinski definition) is 2. The lowest BCUT2D eigenvalue weighted by Gasteiger charge is -2.29. The van der Waals surface area contributed by atoms with Crippen molar-refractivity contribution in [3.63, 3.8) is 0 Å². The van der Waals surface area contributed by atoms with Crippen LogP contribution in [0.5, 0.6) is 0 Å². The van der Waals surface area contributed by atoms with Crippen LogP contribution in [0.4, 0.5) is 0 Å². The molecule has 3 heteroatoms. The molecule has 0 unspecified atom stereocenters. The third kappa shape index (κ3) is 2.93. The number of nitrogens with zero attached hydrogens (tertiary/aromatic N) is 1. The van der Waals surface area contributed by atoms with Crippen molar-refractivity contribution in [2.24, 2.45) is 0 Å². The summed E-state index contributed by atoms with van der Waals surface area (Å²) < 4.78 is 0. The summed E-state index contributed by atoms with van der Waals surface area (Å²) in [5.74, 6) is 0.381. The molecule has 1 aromatic carbocycles. The van der Waals surface area contributed by atoms with Gasteiger partial charge in [-0.25, -0.2) is 0 Å². The van der Waals surface area contributed by atoms with Gasteiger partial charge >= 0.3 is 0 Å². The Morgan fingerprint density at radius 3 is 2.22 bits per heavy atom. The first-order chi connectivity index (χ1) is 8.15. The SMILES string of the molecule is CN(C)CC(=O)C1(c2ccccc2)CCCC1.Cl. The average Bonchev–Trinajstić information content (AvgIpc) is 2.79. The standard InChI is InChI=1S/C15H21NO.ClH/c1-16(2)12-14(17)15(10-6-7-11-15)13-8-4-3-5-9-13;/h3-5,8-9H,6-7,10-12H2,1-2H3;1H. The normalized spacial score (nSPS) is 17.5. The summed E-state index contributed by atoms with van der Waals surface area (Å²) in [4.78, 5) is 14.5. The quantitative estimate of drug-likeness (QED) is 0.836. The Morgan fingerprint density at radius 2 is 1.72 bits per heavy atom. The van der Waals surface area contributed by atoms with E-state index in [4.69, 9.17) is 0 Å². The predicted octanol–water partition coefficient (Wildman–Crippen LogP) is 3.05. The van der Waals surface area contributed by atoms with E-state index in [0.29, 0.717) is 12.3 Å². The van der Waals surface area contributed by atoms with Crippen LogP contribution >= 0.6 is 12.4 Å². The zero-order valence-corrected chi connectivity index (χ0v) is 12.0. The Bertz CT molecular complexity index is 383. The first kappa shape index (κ1) is 15.2. The van der Waals surface area contributed by atoms with Gasteiger partial charge in [-0.15, -0.1) is 12.4 Å². The summed E-state index contributed by atoms with van der Waals surface area (Å²) >= 11 is 0. The summed E-state index contributed by atoms with van der Waals surface area (Å²) in [5.41, 5.74) is 1.01. The van der Waals surface area contributed by atoms with Crippen LogP contribution in [-0.2, 0) is 10.2 Å². The molecule has 1 fully saturated rings. The lowest BCUT2D eigenvalue weighted by atomic mass is 9.75. The Balaban J connectivity index is 0.00000162. The Labute approximate surface area is 116 Å². The maximum absolute atomic E-state index is 12.5. The molecule has 0 bridgehead atoms. The Kier molecular flexibility index (Phi) is 5.36. The van der Waals surface area contributed by atoms with E-state index in [9.17, 15) is 4.79 Å². The molecule has 0 aromatic heterocycles. The van der Waals surface area contributed by atoms with Gasteiger partial charge in [0.2, 0.25) is 0 Å². The molecule has 0 aliphatic heterocycles. The molecule has 1 aromatic rings. The second-order valence-corrected chi connectivity index (χ2v) is 5.32. The van der Waals surface area contributed by atoms with Crippen molar-refractivity contribution in [3.05, 3.63) is 35.9 Å². The number of Topliss-reactive ketones (excluding diaryl/α,β-unsaturated/α-hetero) is 1. The molecule has 2 nitrogen and oxygen atoms in total. The molecular weight excluding hydrogens is 246 g/mol. The number of hydrogen-bond donors (Lipinski definition) is 0. The molecule has 1 aliphatic carbocycles. The highest BCUT2D eigenvalue weighted by Gasteiger charge is 2.41. The van der Waals surface area contributed by atoms with Crippen LogP contribution in [-0.4, -0.2) is 31.3 Å². The molecule has 2 rings (SSSR count). The lowest BCUT2D eigenvalue weighted by Crippen LogP contribution is -2.39. The highest BCUT2D eigenvalue weighted by molar-refractivity contribution is 5.92. The fourth-order valence-corrected chi connectivity index (χ4v) is 2.90. The third-order valence-corrected chi connectivity index (χ3v) is 3.78. The second kappa shape index (κ2) is 6.35. The van der Waals surface area contributed by atoms with Gasteiger partial charge in [-0.3, -0.25) is 4.79 Å². The zero-order valence-electron chi connectivity index (χ0n) is 11.2. The van der Waals surface area contributed by atoms with E-state index in [1.165, 1.54) is 18.4 Å². The average molecular weight is 268 g/mol. The maximum atomic E-state index is 12.5. The maximum Gasteiger partial charge on any atom is 0.157 e. The van der Waals surface area contributed by atoms with E-state index < -0.39 is 0 Å². The van der Waals surface area contributed by atoms with Gasteiger partial charge in [-0.05, 0) is 32.5 Å². The minimum Gasteiger partial charge on any atom is -0.302 e. The van der Waals surface area contributed by atoms with Gasteiger partial charge in [-0.1, -0.05) is 43.2 Å². The fraction of sp³-hybridized carbons (Fsp3) is 0.533. The van der Waals surface area contributed by atoms with Crippen molar-refractivity contribution < 1.29 is 4.79 Å². The summed E-state index contributed by atoms with van der Waals surface area (Å²) in [6, 6.07) is 10.3. The molecule has 0 saturated heterocycles. The van der Waals surface area contributed by atoms with Crippen molar-refractivity contribution in [2.45, 2.75) is 31.1 Å². The summed E-state index contributed by atoms with van der Waals surface area (Å²) in [7, 11) is 3.93. The van der Waals surface area contributed by atoms with Crippen LogP contribution in [0, 0.1) is 0 Å². The smallest absolute Gasteiger partial charge is 0.157 e. The zero-order chi connectivity index (χ0) is 12.3. The second-order valence-electron chi connectivity index (χ2n) is 5.32. The number of carbonyl (C=O) groups is 1. The van der Waals surface area contributed by atoms with Crippen molar-refractivity contribution in [1.82, 2.24) is 4.90 Å². The molecule has 18 heavy (non-hydrogen) atoms. The molecule has 0 heterocycles. The van der Waals surface area contributed by atoms with E-state index in [-0.39, 0.29) is 17.8 Å². The summed E-state index contributed by atoms with van der Waals surface area (Å²) in [6.45, 7) is 0.550. The molecule has 0 radical (unpaired) electrons. The number of carbonyl (C=O) groups excluding carboxylic acids is 1. The van der Waals surface area contributed by atoms with E-state index in [1.807, 2.05) is 37.2 Å². The minimum atomic E-state index is -0.203. The van der Waals surface area contributed by atoms with Gasteiger partial charge in [0, 0.05) is 0 Å². The molecular formula is C15H22ClNO. The summed E-state index contributed by atoms with van der Waals surface area (Å²) in [5, 5.41) is 0. The number of halogens is 1. The van der Waals surface area contributed by atoms with Crippen molar-refractivity contribution in [2.75, 3.05) is 20.6 Å². The van der Waals surface area contributed by atoms with Crippen LogP contribution in [0.25, 0.3) is 0 Å². The van der Waals surface area contributed by atoms with Gasteiger partial charge in [0.25, 0.3) is 0 Å². The number of rotatable bonds is 4. The molecule has 0 atom stereocenters.